The van der Waals surface area contributed by atoms with E-state index in [1.165, 1.54) is 36.2 Å². The monoisotopic (exact) mass is 593 g/mol. The molecule has 2 aromatic heterocycles. The minimum absolute atomic E-state index is 0.0454. The van der Waals surface area contributed by atoms with Crippen LogP contribution in [0.2, 0.25) is 5.02 Å². The Morgan fingerprint density at radius 1 is 1.00 bits per heavy atom. The Morgan fingerprint density at radius 2 is 1.73 bits per heavy atom. The molecule has 11 heteroatoms. The summed E-state index contributed by atoms with van der Waals surface area (Å²) in [6.45, 7) is 5.25. The Morgan fingerprint density at radius 3 is 2.39 bits per heavy atom. The molecule has 0 aliphatic carbocycles. The van der Waals surface area contributed by atoms with Crippen LogP contribution in [-0.4, -0.2) is 52.8 Å². The van der Waals surface area contributed by atoms with Crippen molar-refractivity contribution in [1.82, 2.24) is 14.5 Å². The molecule has 0 spiro atoms. The Labute approximate surface area is 245 Å². The van der Waals surface area contributed by atoms with Gasteiger partial charge in [0.25, 0.3) is 11.5 Å². The van der Waals surface area contributed by atoms with Crippen molar-refractivity contribution >= 4 is 34.9 Å². The van der Waals surface area contributed by atoms with Crippen molar-refractivity contribution in [2.75, 3.05) is 20.8 Å². The smallest absolute Gasteiger partial charge is 0.417 e. The first-order chi connectivity index (χ1) is 19.5. The highest BCUT2D eigenvalue weighted by molar-refractivity contribution is 7.13. The van der Waals surface area contributed by atoms with E-state index >= 15 is 0 Å². The maximum atomic E-state index is 14.2. The average Bonchev–Trinajstić information content (AvgIpc) is 3.42. The number of benzene rings is 2. The fourth-order valence-corrected chi connectivity index (χ4v) is 5.53. The van der Waals surface area contributed by atoms with Crippen molar-refractivity contribution in [1.29, 1.82) is 0 Å². The fraction of sp³-hybridized carbons (Fsp3) is 0.267. The van der Waals surface area contributed by atoms with Crippen molar-refractivity contribution in [2.24, 2.45) is 0 Å². The second-order valence-electron chi connectivity index (χ2n) is 10.3. The number of hydrogen-bond donors (Lipinski definition) is 0. The molecule has 2 aromatic carbocycles. The van der Waals surface area contributed by atoms with E-state index in [0.717, 1.165) is 10.5 Å². The van der Waals surface area contributed by atoms with Crippen LogP contribution in [0.5, 0.6) is 11.5 Å². The van der Waals surface area contributed by atoms with E-state index in [4.69, 9.17) is 30.8 Å². The van der Waals surface area contributed by atoms with Gasteiger partial charge in [-0.3, -0.25) is 14.2 Å². The minimum atomic E-state index is -0.783. The molecule has 1 aliphatic rings. The molecular formula is C30H28ClN3O6S. The number of pyridine rings is 1. The van der Waals surface area contributed by atoms with Crippen molar-refractivity contribution in [3.05, 3.63) is 80.5 Å². The lowest BCUT2D eigenvalue weighted by Gasteiger charge is -2.31. The van der Waals surface area contributed by atoms with Crippen LogP contribution in [0.1, 0.15) is 36.8 Å². The SMILES string of the molecule is COc1ccc(OC)c(-n2c3c(cc(-c4nc(-c5ccc(Cl)cc5)cs4)c2=O)C(=O)N(C(=O)OC(C)(C)C)CC3)c1. The second kappa shape index (κ2) is 11.0. The largest absolute Gasteiger partial charge is 0.497 e. The van der Waals surface area contributed by atoms with Gasteiger partial charge in [-0.1, -0.05) is 23.7 Å². The Kier molecular flexibility index (Phi) is 7.63. The molecule has 0 radical (unpaired) electrons. The number of imide groups is 1. The summed E-state index contributed by atoms with van der Waals surface area (Å²) in [6.07, 6.45) is -0.518. The number of amides is 2. The van der Waals surface area contributed by atoms with Gasteiger partial charge in [0.2, 0.25) is 0 Å². The van der Waals surface area contributed by atoms with Crippen LogP contribution in [0.4, 0.5) is 4.79 Å². The number of carbonyl (C=O) groups is 2. The molecule has 0 bridgehead atoms. The van der Waals surface area contributed by atoms with Crippen molar-refractivity contribution in [3.8, 4) is 39.0 Å². The predicted octanol–water partition coefficient (Wildman–Crippen LogP) is 6.23. The zero-order valence-electron chi connectivity index (χ0n) is 23.2. The first-order valence-corrected chi connectivity index (χ1v) is 14.0. The molecule has 4 aromatic rings. The highest BCUT2D eigenvalue weighted by Crippen LogP contribution is 2.34. The van der Waals surface area contributed by atoms with E-state index in [1.54, 1.807) is 51.1 Å². The number of halogens is 1. The summed E-state index contributed by atoms with van der Waals surface area (Å²) in [5, 5.41) is 2.85. The Bertz CT molecular complexity index is 1700. The molecule has 9 nitrogen and oxygen atoms in total. The van der Waals surface area contributed by atoms with E-state index in [0.29, 0.717) is 38.6 Å². The molecule has 0 saturated carbocycles. The van der Waals surface area contributed by atoms with Gasteiger partial charge >= 0.3 is 6.09 Å². The molecule has 5 rings (SSSR count). The van der Waals surface area contributed by atoms with E-state index < -0.39 is 17.6 Å². The van der Waals surface area contributed by atoms with E-state index in [9.17, 15) is 14.4 Å². The first-order valence-electron chi connectivity index (χ1n) is 12.8. The lowest BCUT2D eigenvalue weighted by Crippen LogP contribution is -2.46. The molecule has 41 heavy (non-hydrogen) atoms. The number of aromatic nitrogens is 2. The maximum Gasteiger partial charge on any atom is 0.417 e. The Balaban J connectivity index is 1.71. The lowest BCUT2D eigenvalue weighted by atomic mass is 10.0. The van der Waals surface area contributed by atoms with Crippen LogP contribution in [-0.2, 0) is 11.2 Å². The Hall–Kier alpha value is -4.15. The number of hydrogen-bond acceptors (Lipinski definition) is 8. The highest BCUT2D eigenvalue weighted by atomic mass is 35.5. The normalized spacial score (nSPS) is 13.1. The summed E-state index contributed by atoms with van der Waals surface area (Å²) >= 11 is 7.32. The lowest BCUT2D eigenvalue weighted by molar-refractivity contribution is 0.0232. The van der Waals surface area contributed by atoms with Crippen LogP contribution in [0.3, 0.4) is 0 Å². The molecule has 2 amide bonds. The van der Waals surface area contributed by atoms with Crippen LogP contribution in [0.25, 0.3) is 27.5 Å². The summed E-state index contributed by atoms with van der Waals surface area (Å²) < 4.78 is 18.0. The van der Waals surface area contributed by atoms with Crippen molar-refractivity contribution in [2.45, 2.75) is 32.8 Å². The van der Waals surface area contributed by atoms with E-state index in [2.05, 4.69) is 0 Å². The summed E-state index contributed by atoms with van der Waals surface area (Å²) in [4.78, 5) is 46.7. The van der Waals surface area contributed by atoms with Gasteiger partial charge in [-0.15, -0.1) is 11.3 Å². The van der Waals surface area contributed by atoms with Gasteiger partial charge in [0.15, 0.2) is 0 Å². The molecule has 0 unspecified atom stereocenters. The molecule has 1 aliphatic heterocycles. The maximum absolute atomic E-state index is 14.2. The quantitative estimate of drug-likeness (QED) is 0.270. The molecular weight excluding hydrogens is 566 g/mol. The first kappa shape index (κ1) is 28.4. The van der Waals surface area contributed by atoms with Gasteiger partial charge in [0.05, 0.1) is 36.7 Å². The van der Waals surface area contributed by atoms with Crippen LogP contribution < -0.4 is 15.0 Å². The van der Waals surface area contributed by atoms with Gasteiger partial charge < -0.3 is 14.2 Å². The minimum Gasteiger partial charge on any atom is -0.497 e. The van der Waals surface area contributed by atoms with Gasteiger partial charge in [-0.05, 0) is 51.1 Å². The second-order valence-corrected chi connectivity index (χ2v) is 11.6. The third-order valence-electron chi connectivity index (χ3n) is 6.47. The van der Waals surface area contributed by atoms with Gasteiger partial charge in [0.1, 0.15) is 22.1 Å². The van der Waals surface area contributed by atoms with Crippen LogP contribution >= 0.6 is 22.9 Å². The molecule has 3 heterocycles. The third-order valence-corrected chi connectivity index (χ3v) is 7.59. The summed E-state index contributed by atoms with van der Waals surface area (Å²) in [6, 6.07) is 13.8. The van der Waals surface area contributed by atoms with Gasteiger partial charge in [-0.25, -0.2) is 14.7 Å². The summed E-state index contributed by atoms with van der Waals surface area (Å²) in [5.74, 6) is 0.353. The number of fused-ring (bicyclic) bond motifs is 1. The molecule has 212 valence electrons. The van der Waals surface area contributed by atoms with Crippen LogP contribution in [0, 0.1) is 0 Å². The van der Waals surface area contributed by atoms with Gasteiger partial charge in [0, 0.05) is 40.7 Å². The van der Waals surface area contributed by atoms with Crippen LogP contribution in [0.15, 0.2) is 58.7 Å². The average molecular weight is 594 g/mol. The third kappa shape index (κ3) is 5.57. The molecule has 0 saturated heterocycles. The molecule has 0 atom stereocenters. The highest BCUT2D eigenvalue weighted by Gasteiger charge is 2.36. The number of nitrogens with zero attached hydrogens (tertiary/aromatic N) is 3. The zero-order chi connectivity index (χ0) is 29.5. The summed E-state index contributed by atoms with van der Waals surface area (Å²) in [5.41, 5.74) is 1.58. The number of carbonyl (C=O) groups excluding carboxylic acids is 2. The zero-order valence-corrected chi connectivity index (χ0v) is 24.8. The van der Waals surface area contributed by atoms with E-state index in [-0.39, 0.29) is 29.7 Å². The number of rotatable bonds is 5. The number of thiazole rings is 1. The summed E-state index contributed by atoms with van der Waals surface area (Å²) in [7, 11) is 3.03. The van der Waals surface area contributed by atoms with Gasteiger partial charge in [-0.2, -0.15) is 0 Å². The van der Waals surface area contributed by atoms with Crippen molar-refractivity contribution in [3.63, 3.8) is 0 Å². The number of ether oxygens (including phenoxy) is 3. The number of methoxy groups -OCH3 is 2. The molecule has 0 N–H and O–H groups in total. The molecule has 0 fully saturated rings. The predicted molar refractivity (Wildman–Crippen MR) is 158 cm³/mol. The topological polar surface area (TPSA) is 100.0 Å². The standard InChI is InChI=1S/C30H28ClN3O6S/c1-30(2,3)40-29(37)33-13-12-23-20(27(33)35)15-21(26-32-22(16-41-26)17-6-8-18(31)9-7-17)28(36)34(23)24-14-19(38-4)10-11-25(24)39-5/h6-11,14-16H,12-13H2,1-5H3. The fourth-order valence-electron chi connectivity index (χ4n) is 4.57. The van der Waals surface area contributed by atoms with E-state index in [1.807, 2.05) is 17.5 Å². The van der Waals surface area contributed by atoms with Crippen molar-refractivity contribution < 1.29 is 23.8 Å².